The molecule has 0 spiro atoms. The van der Waals surface area contributed by atoms with Crippen molar-refractivity contribution >= 4 is 17.3 Å². The minimum Gasteiger partial charge on any atom is -0.492 e. The van der Waals surface area contributed by atoms with Gasteiger partial charge in [-0.25, -0.2) is 0 Å². The zero-order chi connectivity index (χ0) is 16.9. The SMILES string of the molecule is CCOc1ccccc1NC(=O)CN1CC(N)Cc2ccccc21. The van der Waals surface area contributed by atoms with Crippen LogP contribution >= 0.6 is 0 Å². The highest BCUT2D eigenvalue weighted by Crippen LogP contribution is 2.27. The van der Waals surface area contributed by atoms with E-state index in [1.165, 1.54) is 5.56 Å². The minimum absolute atomic E-state index is 0.0448. The van der Waals surface area contributed by atoms with Gasteiger partial charge in [0.15, 0.2) is 0 Å². The van der Waals surface area contributed by atoms with Gasteiger partial charge in [-0.3, -0.25) is 4.79 Å². The molecule has 1 unspecified atom stereocenters. The van der Waals surface area contributed by atoms with Crippen LogP contribution in [0.25, 0.3) is 0 Å². The summed E-state index contributed by atoms with van der Waals surface area (Å²) in [6.07, 6.45) is 0.849. The van der Waals surface area contributed by atoms with Gasteiger partial charge in [-0.05, 0) is 37.1 Å². The topological polar surface area (TPSA) is 67.6 Å². The van der Waals surface area contributed by atoms with Gasteiger partial charge in [0, 0.05) is 18.3 Å². The van der Waals surface area contributed by atoms with Gasteiger partial charge < -0.3 is 20.7 Å². The monoisotopic (exact) mass is 325 g/mol. The molecule has 3 rings (SSSR count). The maximum absolute atomic E-state index is 12.5. The lowest BCUT2D eigenvalue weighted by Gasteiger charge is -2.34. The van der Waals surface area contributed by atoms with Crippen LogP contribution in [0, 0.1) is 0 Å². The largest absolute Gasteiger partial charge is 0.492 e. The molecule has 1 heterocycles. The normalized spacial score (nSPS) is 16.4. The number of carbonyl (C=O) groups is 1. The van der Waals surface area contributed by atoms with Gasteiger partial charge in [-0.1, -0.05) is 30.3 Å². The van der Waals surface area contributed by atoms with Crippen LogP contribution in [0.3, 0.4) is 0 Å². The highest BCUT2D eigenvalue weighted by atomic mass is 16.5. The van der Waals surface area contributed by atoms with E-state index in [0.29, 0.717) is 24.6 Å². The van der Waals surface area contributed by atoms with E-state index in [9.17, 15) is 4.79 Å². The van der Waals surface area contributed by atoms with Crippen LogP contribution in [0.5, 0.6) is 5.75 Å². The number of anilines is 2. The van der Waals surface area contributed by atoms with Gasteiger partial charge in [0.2, 0.25) is 5.91 Å². The minimum atomic E-state index is -0.0777. The molecule has 0 saturated heterocycles. The van der Waals surface area contributed by atoms with Crippen molar-refractivity contribution in [1.29, 1.82) is 0 Å². The molecule has 2 aromatic rings. The Labute approximate surface area is 142 Å². The van der Waals surface area contributed by atoms with Gasteiger partial charge in [0.25, 0.3) is 0 Å². The zero-order valence-corrected chi connectivity index (χ0v) is 13.9. The molecule has 1 atom stereocenters. The number of rotatable bonds is 5. The fourth-order valence-electron chi connectivity index (χ4n) is 3.08. The number of hydrogen-bond acceptors (Lipinski definition) is 4. The average Bonchev–Trinajstić information content (AvgIpc) is 2.56. The summed E-state index contributed by atoms with van der Waals surface area (Å²) >= 11 is 0. The number of fused-ring (bicyclic) bond motifs is 1. The highest BCUT2D eigenvalue weighted by molar-refractivity contribution is 5.95. The van der Waals surface area contributed by atoms with E-state index in [1.54, 1.807) is 0 Å². The Balaban J connectivity index is 1.72. The van der Waals surface area contributed by atoms with E-state index in [-0.39, 0.29) is 18.5 Å². The number of para-hydroxylation sites is 3. The van der Waals surface area contributed by atoms with Crippen molar-refractivity contribution in [1.82, 2.24) is 0 Å². The number of benzene rings is 2. The smallest absolute Gasteiger partial charge is 0.243 e. The predicted octanol–water partition coefficient (Wildman–Crippen LogP) is 2.41. The first-order chi connectivity index (χ1) is 11.7. The molecule has 3 N–H and O–H groups in total. The van der Waals surface area contributed by atoms with Crippen molar-refractivity contribution < 1.29 is 9.53 Å². The number of ether oxygens (including phenoxy) is 1. The number of hydrogen-bond donors (Lipinski definition) is 2. The highest BCUT2D eigenvalue weighted by Gasteiger charge is 2.23. The molecule has 0 aromatic heterocycles. The molecular formula is C19H23N3O2. The standard InChI is InChI=1S/C19H23N3O2/c1-2-24-18-10-6-4-8-16(18)21-19(23)13-22-12-15(20)11-14-7-3-5-9-17(14)22/h3-10,15H,2,11-13,20H2,1H3,(H,21,23). The lowest BCUT2D eigenvalue weighted by molar-refractivity contribution is -0.115. The van der Waals surface area contributed by atoms with Crippen LogP contribution in [-0.2, 0) is 11.2 Å². The second-order valence-electron chi connectivity index (χ2n) is 5.95. The first-order valence-corrected chi connectivity index (χ1v) is 8.27. The lowest BCUT2D eigenvalue weighted by atomic mass is 9.98. The Morgan fingerprint density at radius 1 is 1.25 bits per heavy atom. The van der Waals surface area contributed by atoms with E-state index >= 15 is 0 Å². The van der Waals surface area contributed by atoms with Crippen molar-refractivity contribution in [3.05, 3.63) is 54.1 Å². The molecule has 2 aromatic carbocycles. The molecule has 1 aliphatic heterocycles. The molecule has 1 amide bonds. The first-order valence-electron chi connectivity index (χ1n) is 8.27. The second-order valence-corrected chi connectivity index (χ2v) is 5.95. The maximum Gasteiger partial charge on any atom is 0.243 e. The van der Waals surface area contributed by atoms with Crippen LogP contribution in [0.1, 0.15) is 12.5 Å². The number of nitrogens with zero attached hydrogens (tertiary/aromatic N) is 1. The van der Waals surface area contributed by atoms with Crippen molar-refractivity contribution in [3.8, 4) is 5.75 Å². The third-order valence-electron chi connectivity index (χ3n) is 4.06. The predicted molar refractivity (Wildman–Crippen MR) is 96.6 cm³/mol. The van der Waals surface area contributed by atoms with Crippen LogP contribution in [0.15, 0.2) is 48.5 Å². The van der Waals surface area contributed by atoms with E-state index in [2.05, 4.69) is 11.4 Å². The Hall–Kier alpha value is -2.53. The van der Waals surface area contributed by atoms with Gasteiger partial charge in [0.05, 0.1) is 18.8 Å². The van der Waals surface area contributed by atoms with Gasteiger partial charge in [-0.2, -0.15) is 0 Å². The van der Waals surface area contributed by atoms with Gasteiger partial charge >= 0.3 is 0 Å². The molecule has 24 heavy (non-hydrogen) atoms. The zero-order valence-electron chi connectivity index (χ0n) is 13.9. The Morgan fingerprint density at radius 2 is 2.00 bits per heavy atom. The fraction of sp³-hybridized carbons (Fsp3) is 0.316. The Bertz CT molecular complexity index is 717. The maximum atomic E-state index is 12.5. The molecule has 0 fully saturated rings. The van der Waals surface area contributed by atoms with Crippen molar-refractivity contribution in [2.75, 3.05) is 29.9 Å². The van der Waals surface area contributed by atoms with Crippen LogP contribution in [0.4, 0.5) is 11.4 Å². The van der Waals surface area contributed by atoms with Crippen LogP contribution in [0.2, 0.25) is 0 Å². The van der Waals surface area contributed by atoms with Crippen LogP contribution < -0.4 is 20.7 Å². The summed E-state index contributed by atoms with van der Waals surface area (Å²) in [6.45, 7) is 3.43. The molecule has 0 radical (unpaired) electrons. The van der Waals surface area contributed by atoms with Crippen molar-refractivity contribution in [2.24, 2.45) is 5.73 Å². The van der Waals surface area contributed by atoms with Crippen LogP contribution in [-0.4, -0.2) is 31.6 Å². The first kappa shape index (κ1) is 16.3. The van der Waals surface area contributed by atoms with E-state index in [1.807, 2.05) is 54.3 Å². The number of nitrogens with one attached hydrogen (secondary N) is 1. The summed E-state index contributed by atoms with van der Waals surface area (Å²) in [6, 6.07) is 15.6. The van der Waals surface area contributed by atoms with E-state index in [0.717, 1.165) is 12.1 Å². The van der Waals surface area contributed by atoms with Gasteiger partial charge in [0.1, 0.15) is 5.75 Å². The Kier molecular flexibility index (Phi) is 5.01. The summed E-state index contributed by atoms with van der Waals surface area (Å²) in [4.78, 5) is 14.5. The molecular weight excluding hydrogens is 302 g/mol. The quantitative estimate of drug-likeness (QED) is 0.886. The molecule has 5 heteroatoms. The van der Waals surface area contributed by atoms with E-state index in [4.69, 9.17) is 10.5 Å². The summed E-state index contributed by atoms with van der Waals surface area (Å²) in [5.41, 5.74) is 9.12. The molecule has 5 nitrogen and oxygen atoms in total. The van der Waals surface area contributed by atoms with Crippen molar-refractivity contribution in [3.63, 3.8) is 0 Å². The molecule has 0 saturated carbocycles. The summed E-state index contributed by atoms with van der Waals surface area (Å²) in [5, 5.41) is 2.94. The van der Waals surface area contributed by atoms with Crippen molar-refractivity contribution in [2.45, 2.75) is 19.4 Å². The van der Waals surface area contributed by atoms with E-state index < -0.39 is 0 Å². The summed E-state index contributed by atoms with van der Waals surface area (Å²) in [5.74, 6) is 0.607. The second kappa shape index (κ2) is 7.36. The third-order valence-corrected chi connectivity index (χ3v) is 4.06. The lowest BCUT2D eigenvalue weighted by Crippen LogP contribution is -2.46. The molecule has 0 bridgehead atoms. The summed E-state index contributed by atoms with van der Waals surface area (Å²) in [7, 11) is 0. The van der Waals surface area contributed by atoms with Gasteiger partial charge in [-0.15, -0.1) is 0 Å². The Morgan fingerprint density at radius 3 is 2.83 bits per heavy atom. The average molecular weight is 325 g/mol. The molecule has 0 aliphatic carbocycles. The molecule has 126 valence electrons. The molecule has 1 aliphatic rings. The number of amides is 1. The third kappa shape index (κ3) is 3.68. The number of carbonyl (C=O) groups excluding carboxylic acids is 1. The summed E-state index contributed by atoms with van der Waals surface area (Å²) < 4.78 is 5.55. The number of nitrogens with two attached hydrogens (primary N) is 1. The fourth-order valence-corrected chi connectivity index (χ4v) is 3.08.